The van der Waals surface area contributed by atoms with E-state index in [-0.39, 0.29) is 0 Å². The summed E-state index contributed by atoms with van der Waals surface area (Å²) >= 11 is 0. The summed E-state index contributed by atoms with van der Waals surface area (Å²) in [6.07, 6.45) is 1.57. The molecule has 2 aromatic rings. The molecule has 0 bridgehead atoms. The lowest BCUT2D eigenvalue weighted by Gasteiger charge is -2.09. The van der Waals surface area contributed by atoms with Gasteiger partial charge in [-0.25, -0.2) is 4.68 Å². The highest BCUT2D eigenvalue weighted by molar-refractivity contribution is 5.41. The molecule has 0 fully saturated rings. The molecular formula is C15H20N2O. The lowest BCUT2D eigenvalue weighted by molar-refractivity contribution is 0.455. The van der Waals surface area contributed by atoms with Gasteiger partial charge in [-0.05, 0) is 30.9 Å². The molecule has 96 valence electrons. The third-order valence-electron chi connectivity index (χ3n) is 2.96. The van der Waals surface area contributed by atoms with Crippen molar-refractivity contribution in [2.75, 3.05) is 0 Å². The summed E-state index contributed by atoms with van der Waals surface area (Å²) in [7, 11) is 0. The van der Waals surface area contributed by atoms with Crippen LogP contribution in [0.3, 0.4) is 0 Å². The smallest absolute Gasteiger partial charge is 0.160 e. The van der Waals surface area contributed by atoms with E-state index in [1.807, 2.05) is 41.9 Å². The van der Waals surface area contributed by atoms with Gasteiger partial charge in [0.15, 0.2) is 5.75 Å². The molecular weight excluding hydrogens is 224 g/mol. The molecule has 0 radical (unpaired) electrons. The number of hydrogen-bond donors (Lipinski definition) is 1. The van der Waals surface area contributed by atoms with E-state index < -0.39 is 0 Å². The zero-order valence-electron chi connectivity index (χ0n) is 11.2. The van der Waals surface area contributed by atoms with E-state index in [9.17, 15) is 5.11 Å². The fourth-order valence-electron chi connectivity index (χ4n) is 2.09. The Morgan fingerprint density at radius 2 is 1.89 bits per heavy atom. The topological polar surface area (TPSA) is 38.0 Å². The summed E-state index contributed by atoms with van der Waals surface area (Å²) < 4.78 is 1.87. The Morgan fingerprint density at radius 1 is 1.22 bits per heavy atom. The Balaban J connectivity index is 2.52. The average molecular weight is 244 g/mol. The maximum absolute atomic E-state index is 10.2. The molecule has 0 atom stereocenters. The van der Waals surface area contributed by atoms with Crippen molar-refractivity contribution in [3.05, 3.63) is 41.7 Å². The predicted molar refractivity (Wildman–Crippen MR) is 73.1 cm³/mol. The summed E-state index contributed by atoms with van der Waals surface area (Å²) in [5, 5.41) is 14.8. The quantitative estimate of drug-likeness (QED) is 0.895. The number of benzene rings is 1. The zero-order valence-corrected chi connectivity index (χ0v) is 11.2. The molecule has 0 aliphatic heterocycles. The normalized spacial score (nSPS) is 11.1. The Hall–Kier alpha value is -1.77. The van der Waals surface area contributed by atoms with E-state index in [0.29, 0.717) is 11.7 Å². The van der Waals surface area contributed by atoms with Crippen LogP contribution in [0.15, 0.2) is 30.3 Å². The van der Waals surface area contributed by atoms with Gasteiger partial charge >= 0.3 is 0 Å². The molecule has 0 saturated heterocycles. The van der Waals surface area contributed by atoms with Gasteiger partial charge in [-0.3, -0.25) is 0 Å². The van der Waals surface area contributed by atoms with Crippen molar-refractivity contribution in [3.63, 3.8) is 0 Å². The lowest BCUT2D eigenvalue weighted by Crippen LogP contribution is -2.05. The van der Waals surface area contributed by atoms with Crippen LogP contribution in [0.5, 0.6) is 5.75 Å². The monoisotopic (exact) mass is 244 g/mol. The highest BCUT2D eigenvalue weighted by Gasteiger charge is 2.17. The first kappa shape index (κ1) is 12.7. The summed E-state index contributed by atoms with van der Waals surface area (Å²) in [5.74, 6) is 0.842. The average Bonchev–Trinajstić information content (AvgIpc) is 2.67. The minimum absolute atomic E-state index is 0.357. The van der Waals surface area contributed by atoms with E-state index in [2.05, 4.69) is 18.9 Å². The second-order valence-electron chi connectivity index (χ2n) is 4.94. The van der Waals surface area contributed by atoms with Crippen molar-refractivity contribution in [2.45, 2.75) is 33.6 Å². The van der Waals surface area contributed by atoms with Gasteiger partial charge in [0, 0.05) is 0 Å². The SMILES string of the molecule is CCc1nn(-c2ccccc2)c(CC(C)C)c1O. The fourth-order valence-corrected chi connectivity index (χ4v) is 2.09. The van der Waals surface area contributed by atoms with Crippen LogP contribution in [0.2, 0.25) is 0 Å². The molecule has 18 heavy (non-hydrogen) atoms. The molecule has 0 aliphatic rings. The third kappa shape index (κ3) is 2.40. The highest BCUT2D eigenvalue weighted by atomic mass is 16.3. The maximum Gasteiger partial charge on any atom is 0.160 e. The van der Waals surface area contributed by atoms with Crippen LogP contribution in [0, 0.1) is 5.92 Å². The van der Waals surface area contributed by atoms with Gasteiger partial charge in [0.05, 0.1) is 11.4 Å². The van der Waals surface area contributed by atoms with E-state index in [1.54, 1.807) is 0 Å². The second-order valence-corrected chi connectivity index (χ2v) is 4.94. The van der Waals surface area contributed by atoms with Crippen LogP contribution in [0.1, 0.15) is 32.2 Å². The van der Waals surface area contributed by atoms with Gasteiger partial charge in [0.2, 0.25) is 0 Å². The second kappa shape index (κ2) is 5.25. The molecule has 2 rings (SSSR count). The van der Waals surface area contributed by atoms with Gasteiger partial charge in [-0.15, -0.1) is 0 Å². The number of aryl methyl sites for hydroxylation is 1. The van der Waals surface area contributed by atoms with Crippen LogP contribution in [-0.4, -0.2) is 14.9 Å². The first-order chi connectivity index (χ1) is 8.63. The molecule has 0 amide bonds. The van der Waals surface area contributed by atoms with E-state index in [1.165, 1.54) is 0 Å². The largest absolute Gasteiger partial charge is 0.504 e. The van der Waals surface area contributed by atoms with E-state index >= 15 is 0 Å². The standard InChI is InChI=1S/C15H20N2O/c1-4-13-15(18)14(10-11(2)3)17(16-13)12-8-6-5-7-9-12/h5-9,11,18H,4,10H2,1-3H3. The van der Waals surface area contributed by atoms with Gasteiger partial charge in [-0.1, -0.05) is 39.0 Å². The molecule has 0 saturated carbocycles. The van der Waals surface area contributed by atoms with E-state index in [4.69, 9.17) is 0 Å². The lowest BCUT2D eigenvalue weighted by atomic mass is 10.1. The minimum Gasteiger partial charge on any atom is -0.504 e. The molecule has 1 N–H and O–H groups in total. The summed E-state index contributed by atoms with van der Waals surface area (Å²) in [4.78, 5) is 0. The number of para-hydroxylation sites is 1. The highest BCUT2D eigenvalue weighted by Crippen LogP contribution is 2.27. The number of aromatic hydroxyl groups is 1. The molecule has 1 aromatic carbocycles. The molecule has 1 heterocycles. The first-order valence-electron chi connectivity index (χ1n) is 6.48. The zero-order chi connectivity index (χ0) is 13.1. The van der Waals surface area contributed by atoms with Crippen molar-refractivity contribution < 1.29 is 5.11 Å². The molecule has 3 nitrogen and oxygen atoms in total. The summed E-state index contributed by atoms with van der Waals surface area (Å²) in [6.45, 7) is 6.30. The van der Waals surface area contributed by atoms with Crippen molar-refractivity contribution in [1.82, 2.24) is 9.78 Å². The fraction of sp³-hybridized carbons (Fsp3) is 0.400. The number of nitrogens with zero attached hydrogens (tertiary/aromatic N) is 2. The van der Waals surface area contributed by atoms with Gasteiger partial charge in [0.25, 0.3) is 0 Å². The Labute approximate surface area is 108 Å². The van der Waals surface area contributed by atoms with Gasteiger partial charge in [0.1, 0.15) is 5.69 Å². The van der Waals surface area contributed by atoms with Crippen LogP contribution < -0.4 is 0 Å². The van der Waals surface area contributed by atoms with Crippen molar-refractivity contribution >= 4 is 0 Å². The van der Waals surface area contributed by atoms with Crippen LogP contribution in [-0.2, 0) is 12.8 Å². The van der Waals surface area contributed by atoms with Crippen LogP contribution in [0.25, 0.3) is 5.69 Å². The van der Waals surface area contributed by atoms with Crippen molar-refractivity contribution in [3.8, 4) is 11.4 Å². The molecule has 0 spiro atoms. The summed E-state index contributed by atoms with van der Waals surface area (Å²) in [5.41, 5.74) is 2.69. The number of hydrogen-bond acceptors (Lipinski definition) is 2. The molecule has 1 aromatic heterocycles. The van der Waals surface area contributed by atoms with Gasteiger partial charge < -0.3 is 5.11 Å². The Kier molecular flexibility index (Phi) is 3.70. The minimum atomic E-state index is 0.357. The third-order valence-corrected chi connectivity index (χ3v) is 2.96. The number of rotatable bonds is 4. The molecule has 0 aliphatic carbocycles. The van der Waals surface area contributed by atoms with Crippen molar-refractivity contribution in [1.29, 1.82) is 0 Å². The van der Waals surface area contributed by atoms with Gasteiger partial charge in [-0.2, -0.15) is 5.10 Å². The maximum atomic E-state index is 10.2. The molecule has 3 heteroatoms. The van der Waals surface area contributed by atoms with Crippen LogP contribution >= 0.6 is 0 Å². The first-order valence-corrected chi connectivity index (χ1v) is 6.48. The van der Waals surface area contributed by atoms with Crippen LogP contribution in [0.4, 0.5) is 0 Å². The predicted octanol–water partition coefficient (Wildman–Crippen LogP) is 3.34. The molecule has 0 unspecified atom stereocenters. The number of aromatic nitrogens is 2. The summed E-state index contributed by atoms with van der Waals surface area (Å²) in [6, 6.07) is 9.97. The van der Waals surface area contributed by atoms with E-state index in [0.717, 1.165) is 29.9 Å². The van der Waals surface area contributed by atoms with Crippen molar-refractivity contribution in [2.24, 2.45) is 5.92 Å². The Morgan fingerprint density at radius 3 is 2.44 bits per heavy atom. The Bertz CT molecular complexity index is 515.